The highest BCUT2D eigenvalue weighted by Crippen LogP contribution is 2.23. The number of primary amides is 1. The van der Waals surface area contributed by atoms with Gasteiger partial charge in [0.2, 0.25) is 5.91 Å². The van der Waals surface area contributed by atoms with Crippen LogP contribution in [0.15, 0.2) is 24.3 Å². The quantitative estimate of drug-likeness (QED) is 0.748. The van der Waals surface area contributed by atoms with Gasteiger partial charge in [0.1, 0.15) is 0 Å². The normalized spacial score (nSPS) is 20.5. The van der Waals surface area contributed by atoms with E-state index in [2.05, 4.69) is 5.32 Å². The number of hydrogen-bond donors (Lipinski definition) is 3. The van der Waals surface area contributed by atoms with Crippen LogP contribution in [-0.4, -0.2) is 47.5 Å². The van der Waals surface area contributed by atoms with Gasteiger partial charge in [0, 0.05) is 25.2 Å². The minimum atomic E-state index is -0.858. The molecule has 1 aliphatic rings. The largest absolute Gasteiger partial charge is 0.481 e. The van der Waals surface area contributed by atoms with Crippen LogP contribution in [0.2, 0.25) is 0 Å². The molecule has 1 heterocycles. The maximum Gasteiger partial charge on any atom is 0.317 e. The number of amides is 3. The first-order chi connectivity index (χ1) is 11.4. The zero-order chi connectivity index (χ0) is 17.7. The molecule has 2 atom stereocenters. The van der Waals surface area contributed by atoms with Gasteiger partial charge in [0.15, 0.2) is 0 Å². The van der Waals surface area contributed by atoms with Crippen LogP contribution in [-0.2, 0) is 11.2 Å². The van der Waals surface area contributed by atoms with Crippen molar-refractivity contribution in [1.82, 2.24) is 10.2 Å². The van der Waals surface area contributed by atoms with E-state index in [-0.39, 0.29) is 18.5 Å². The smallest absolute Gasteiger partial charge is 0.317 e. The fourth-order valence-corrected chi connectivity index (χ4v) is 2.88. The molecule has 0 radical (unpaired) electrons. The minimum absolute atomic E-state index is 0.0723. The zero-order valence-electron chi connectivity index (χ0n) is 13.7. The molecule has 2 unspecified atom stereocenters. The number of carbonyl (C=O) groups excluding carboxylic acids is 2. The summed E-state index contributed by atoms with van der Waals surface area (Å²) in [4.78, 5) is 36.1. The molecule has 130 valence electrons. The highest BCUT2D eigenvalue weighted by Gasteiger charge is 2.33. The second-order valence-corrected chi connectivity index (χ2v) is 6.20. The monoisotopic (exact) mass is 333 g/mol. The average molecular weight is 333 g/mol. The summed E-state index contributed by atoms with van der Waals surface area (Å²) in [6.07, 6.45) is 1.25. The number of aliphatic carboxylic acids is 1. The lowest BCUT2D eigenvalue weighted by molar-refractivity contribution is -0.145. The van der Waals surface area contributed by atoms with Gasteiger partial charge < -0.3 is 21.1 Å². The van der Waals surface area contributed by atoms with E-state index >= 15 is 0 Å². The first-order valence-electron chi connectivity index (χ1n) is 8.03. The molecule has 1 fully saturated rings. The van der Waals surface area contributed by atoms with Crippen LogP contribution in [0.4, 0.5) is 4.79 Å². The summed E-state index contributed by atoms with van der Waals surface area (Å²) in [6.45, 7) is 3.11. The Morgan fingerprint density at radius 1 is 1.38 bits per heavy atom. The molecule has 7 heteroatoms. The van der Waals surface area contributed by atoms with E-state index < -0.39 is 17.8 Å². The number of carbonyl (C=O) groups is 3. The third-order valence-corrected chi connectivity index (χ3v) is 4.46. The molecule has 24 heavy (non-hydrogen) atoms. The van der Waals surface area contributed by atoms with E-state index in [1.165, 1.54) is 0 Å². The molecule has 0 spiro atoms. The summed E-state index contributed by atoms with van der Waals surface area (Å²) in [5.74, 6) is -1.79. The number of carboxylic acid groups (broad SMARTS) is 1. The molecule has 1 aromatic rings. The summed E-state index contributed by atoms with van der Waals surface area (Å²) in [5.41, 5.74) is 6.59. The van der Waals surface area contributed by atoms with Crippen LogP contribution in [0.5, 0.6) is 0 Å². The number of benzene rings is 1. The summed E-state index contributed by atoms with van der Waals surface area (Å²) in [6, 6.07) is 6.71. The van der Waals surface area contributed by atoms with Gasteiger partial charge >= 0.3 is 12.0 Å². The second kappa shape index (κ2) is 7.81. The Balaban J connectivity index is 1.84. The number of nitrogens with two attached hydrogens (primary N) is 1. The third kappa shape index (κ3) is 4.47. The standard InChI is InChI=1S/C17H23N3O4/c1-11-6-8-20(10-14(11)16(22)23)17(24)19-7-5-12-3-2-4-13(9-12)15(18)21/h2-4,9,11,14H,5-8,10H2,1H3,(H2,18,21)(H,19,24)(H,22,23). The van der Waals surface area contributed by atoms with Crippen molar-refractivity contribution < 1.29 is 19.5 Å². The van der Waals surface area contributed by atoms with Crippen molar-refractivity contribution in [3.8, 4) is 0 Å². The van der Waals surface area contributed by atoms with Crippen molar-refractivity contribution in [2.24, 2.45) is 17.6 Å². The van der Waals surface area contributed by atoms with Crippen LogP contribution < -0.4 is 11.1 Å². The number of nitrogens with zero attached hydrogens (tertiary/aromatic N) is 1. The van der Waals surface area contributed by atoms with E-state index in [4.69, 9.17) is 5.73 Å². The van der Waals surface area contributed by atoms with Gasteiger partial charge in [0.25, 0.3) is 0 Å². The number of carboxylic acids is 1. The van der Waals surface area contributed by atoms with Crippen LogP contribution in [0.3, 0.4) is 0 Å². The van der Waals surface area contributed by atoms with Gasteiger partial charge in [-0.05, 0) is 36.5 Å². The number of likely N-dealkylation sites (tertiary alicyclic amines) is 1. The molecule has 3 amide bonds. The molecule has 2 rings (SSSR count). The maximum atomic E-state index is 12.2. The molecule has 0 aromatic heterocycles. The highest BCUT2D eigenvalue weighted by molar-refractivity contribution is 5.92. The number of urea groups is 1. The lowest BCUT2D eigenvalue weighted by atomic mass is 9.87. The summed E-state index contributed by atoms with van der Waals surface area (Å²) in [7, 11) is 0. The number of hydrogen-bond acceptors (Lipinski definition) is 3. The van der Waals surface area contributed by atoms with Crippen LogP contribution in [0.1, 0.15) is 29.3 Å². The lowest BCUT2D eigenvalue weighted by Gasteiger charge is -2.34. The first-order valence-corrected chi connectivity index (χ1v) is 8.03. The Bertz CT molecular complexity index is 632. The molecule has 1 aliphatic heterocycles. The Labute approximate surface area is 140 Å². The van der Waals surface area contributed by atoms with Crippen molar-refractivity contribution in [1.29, 1.82) is 0 Å². The number of nitrogens with one attached hydrogen (secondary N) is 1. The van der Waals surface area contributed by atoms with Crippen LogP contribution in [0, 0.1) is 11.8 Å². The van der Waals surface area contributed by atoms with Gasteiger partial charge in [-0.3, -0.25) is 9.59 Å². The van der Waals surface area contributed by atoms with E-state index in [1.54, 1.807) is 23.1 Å². The second-order valence-electron chi connectivity index (χ2n) is 6.20. The number of piperidine rings is 1. The van der Waals surface area contributed by atoms with Crippen molar-refractivity contribution in [2.75, 3.05) is 19.6 Å². The van der Waals surface area contributed by atoms with Crippen molar-refractivity contribution in [2.45, 2.75) is 19.8 Å². The van der Waals surface area contributed by atoms with Crippen LogP contribution in [0.25, 0.3) is 0 Å². The molecule has 0 aliphatic carbocycles. The van der Waals surface area contributed by atoms with Crippen molar-refractivity contribution in [3.05, 3.63) is 35.4 Å². The molecule has 0 bridgehead atoms. The maximum absolute atomic E-state index is 12.2. The fourth-order valence-electron chi connectivity index (χ4n) is 2.88. The minimum Gasteiger partial charge on any atom is -0.481 e. The SMILES string of the molecule is CC1CCN(C(=O)NCCc2cccc(C(N)=O)c2)CC1C(=O)O. The van der Waals surface area contributed by atoms with Gasteiger partial charge in [-0.1, -0.05) is 19.1 Å². The molecule has 7 nitrogen and oxygen atoms in total. The number of rotatable bonds is 5. The third-order valence-electron chi connectivity index (χ3n) is 4.46. The Morgan fingerprint density at radius 2 is 2.12 bits per heavy atom. The summed E-state index contributed by atoms with van der Waals surface area (Å²) < 4.78 is 0. The molecular weight excluding hydrogens is 310 g/mol. The predicted octanol–water partition coefficient (Wildman–Crippen LogP) is 1.08. The van der Waals surface area contributed by atoms with Crippen molar-refractivity contribution in [3.63, 3.8) is 0 Å². The topological polar surface area (TPSA) is 113 Å². The molecular formula is C17H23N3O4. The molecule has 1 aromatic carbocycles. The summed E-state index contributed by atoms with van der Waals surface area (Å²) in [5, 5.41) is 12.0. The van der Waals surface area contributed by atoms with Crippen LogP contribution >= 0.6 is 0 Å². The first kappa shape index (κ1) is 17.8. The zero-order valence-corrected chi connectivity index (χ0v) is 13.7. The predicted molar refractivity (Wildman–Crippen MR) is 88.5 cm³/mol. The Morgan fingerprint density at radius 3 is 2.79 bits per heavy atom. The van der Waals surface area contributed by atoms with Gasteiger partial charge in [0.05, 0.1) is 5.92 Å². The van der Waals surface area contributed by atoms with Crippen molar-refractivity contribution >= 4 is 17.9 Å². The lowest BCUT2D eigenvalue weighted by Crippen LogP contribution is -2.49. The molecule has 0 saturated carbocycles. The van der Waals surface area contributed by atoms with E-state index in [0.717, 1.165) is 5.56 Å². The summed E-state index contributed by atoms with van der Waals surface area (Å²) >= 11 is 0. The average Bonchev–Trinajstić information content (AvgIpc) is 2.55. The van der Waals surface area contributed by atoms with E-state index in [1.807, 2.05) is 13.0 Å². The highest BCUT2D eigenvalue weighted by atomic mass is 16.4. The van der Waals surface area contributed by atoms with Gasteiger partial charge in [-0.2, -0.15) is 0 Å². The van der Waals surface area contributed by atoms with Gasteiger partial charge in [-0.25, -0.2) is 4.79 Å². The van der Waals surface area contributed by atoms with E-state index in [9.17, 15) is 19.5 Å². The van der Waals surface area contributed by atoms with Gasteiger partial charge in [-0.15, -0.1) is 0 Å². The molecule has 4 N–H and O–H groups in total. The fraction of sp³-hybridized carbons (Fsp3) is 0.471. The Kier molecular flexibility index (Phi) is 5.78. The Hall–Kier alpha value is -2.57. The molecule has 1 saturated heterocycles. The van der Waals surface area contributed by atoms with E-state index in [0.29, 0.717) is 31.5 Å².